The number of hydrogen-bond acceptors (Lipinski definition) is 5. The first kappa shape index (κ1) is 15.9. The van der Waals surface area contributed by atoms with Gasteiger partial charge in [0.25, 0.3) is 0 Å². The molecule has 3 rings (SSSR count). The van der Waals surface area contributed by atoms with Crippen molar-refractivity contribution in [2.75, 3.05) is 25.0 Å². The van der Waals surface area contributed by atoms with Crippen LogP contribution in [0.4, 0.5) is 5.69 Å². The van der Waals surface area contributed by atoms with Crippen molar-refractivity contribution < 1.29 is 4.74 Å². The van der Waals surface area contributed by atoms with E-state index < -0.39 is 0 Å². The number of anilines is 1. The van der Waals surface area contributed by atoms with Gasteiger partial charge in [-0.25, -0.2) is 0 Å². The Labute approximate surface area is 141 Å². The van der Waals surface area contributed by atoms with Gasteiger partial charge < -0.3 is 15.4 Å². The summed E-state index contributed by atoms with van der Waals surface area (Å²) in [7, 11) is 0. The van der Waals surface area contributed by atoms with E-state index in [1.807, 2.05) is 36.4 Å². The molecule has 0 fully saturated rings. The zero-order valence-electron chi connectivity index (χ0n) is 13.2. The van der Waals surface area contributed by atoms with E-state index in [1.54, 1.807) is 6.07 Å². The van der Waals surface area contributed by atoms with Crippen molar-refractivity contribution in [1.29, 1.82) is 10.5 Å². The molecular formula is C19H18N4O. The van der Waals surface area contributed by atoms with Gasteiger partial charge in [0, 0.05) is 6.54 Å². The minimum Gasteiger partial charge on any atom is -0.484 e. The molecule has 0 aliphatic carbocycles. The lowest BCUT2D eigenvalue weighted by Crippen LogP contribution is -2.40. The fourth-order valence-electron chi connectivity index (χ4n) is 2.68. The zero-order valence-corrected chi connectivity index (χ0v) is 13.2. The third kappa shape index (κ3) is 3.65. The summed E-state index contributed by atoms with van der Waals surface area (Å²) in [4.78, 5) is 0. The average molecular weight is 318 g/mol. The summed E-state index contributed by atoms with van der Waals surface area (Å²) in [6.07, 6.45) is 0.888. The van der Waals surface area contributed by atoms with Gasteiger partial charge >= 0.3 is 0 Å². The number of nitrogens with zero attached hydrogens (tertiary/aromatic N) is 2. The van der Waals surface area contributed by atoms with E-state index in [2.05, 4.69) is 22.8 Å². The van der Waals surface area contributed by atoms with E-state index in [0.717, 1.165) is 18.7 Å². The summed E-state index contributed by atoms with van der Waals surface area (Å²) in [6, 6.07) is 17.5. The Balaban J connectivity index is 1.48. The maximum atomic E-state index is 9.16. The largest absolute Gasteiger partial charge is 0.484 e. The molecule has 1 atom stereocenters. The number of para-hydroxylation sites is 1. The highest BCUT2D eigenvalue weighted by Crippen LogP contribution is 2.32. The number of hydrogen-bond donors (Lipinski definition) is 2. The lowest BCUT2D eigenvalue weighted by molar-refractivity contribution is 0.202. The third-order valence-electron chi connectivity index (χ3n) is 3.99. The quantitative estimate of drug-likeness (QED) is 0.828. The molecule has 0 saturated heterocycles. The molecule has 120 valence electrons. The van der Waals surface area contributed by atoms with Crippen LogP contribution in [0.25, 0.3) is 0 Å². The van der Waals surface area contributed by atoms with Crippen LogP contribution < -0.4 is 15.4 Å². The van der Waals surface area contributed by atoms with Crippen LogP contribution in [0, 0.1) is 22.7 Å². The summed E-state index contributed by atoms with van der Waals surface area (Å²) in [5.74, 6) is 0.644. The van der Waals surface area contributed by atoms with Crippen LogP contribution in [0.5, 0.6) is 5.75 Å². The predicted molar refractivity (Wildman–Crippen MR) is 91.8 cm³/mol. The molecule has 0 amide bonds. The summed E-state index contributed by atoms with van der Waals surface area (Å²) < 4.78 is 5.95. The average Bonchev–Trinajstić information content (AvgIpc) is 2.65. The maximum absolute atomic E-state index is 9.16. The molecule has 0 saturated carbocycles. The van der Waals surface area contributed by atoms with Gasteiger partial charge in [-0.2, -0.15) is 10.5 Å². The first-order valence-electron chi connectivity index (χ1n) is 7.93. The Morgan fingerprint density at radius 1 is 1.12 bits per heavy atom. The summed E-state index contributed by atoms with van der Waals surface area (Å²) in [5, 5.41) is 24.7. The van der Waals surface area contributed by atoms with Gasteiger partial charge in [-0.3, -0.25) is 0 Å². The van der Waals surface area contributed by atoms with E-state index in [1.165, 1.54) is 5.56 Å². The second-order valence-corrected chi connectivity index (χ2v) is 5.68. The fraction of sp³-hybridized carbons (Fsp3) is 0.263. The Morgan fingerprint density at radius 3 is 2.71 bits per heavy atom. The fourth-order valence-corrected chi connectivity index (χ4v) is 2.68. The Bertz CT molecular complexity index is 786. The van der Waals surface area contributed by atoms with Crippen LogP contribution in [0.3, 0.4) is 0 Å². The van der Waals surface area contributed by atoms with E-state index in [4.69, 9.17) is 15.3 Å². The van der Waals surface area contributed by atoms with Gasteiger partial charge in [0.2, 0.25) is 0 Å². The molecule has 1 unspecified atom stereocenters. The number of rotatable bonds is 5. The van der Waals surface area contributed by atoms with E-state index in [9.17, 15) is 0 Å². The normalized spacial score (nSPS) is 15.3. The molecule has 24 heavy (non-hydrogen) atoms. The van der Waals surface area contributed by atoms with E-state index in [-0.39, 0.29) is 6.10 Å². The topological polar surface area (TPSA) is 80.9 Å². The van der Waals surface area contributed by atoms with Crippen LogP contribution >= 0.6 is 0 Å². The number of benzene rings is 2. The van der Waals surface area contributed by atoms with E-state index in [0.29, 0.717) is 30.0 Å². The van der Waals surface area contributed by atoms with Crippen LogP contribution in [0.1, 0.15) is 16.7 Å². The summed E-state index contributed by atoms with van der Waals surface area (Å²) in [6.45, 7) is 2.26. The number of nitrogens with one attached hydrogen (secondary N) is 2. The molecule has 5 heteroatoms. The molecule has 1 aliphatic rings. The van der Waals surface area contributed by atoms with E-state index >= 15 is 0 Å². The van der Waals surface area contributed by atoms with Gasteiger partial charge in [0.1, 0.15) is 12.2 Å². The van der Waals surface area contributed by atoms with Crippen LogP contribution in [0.2, 0.25) is 0 Å². The molecule has 2 aromatic carbocycles. The minimum atomic E-state index is -0.00651. The van der Waals surface area contributed by atoms with Gasteiger partial charge in [0.15, 0.2) is 5.75 Å². The molecule has 0 bridgehead atoms. The predicted octanol–water partition coefficient (Wildman–Crippen LogP) is 2.44. The Hall–Kier alpha value is -3.02. The third-order valence-corrected chi connectivity index (χ3v) is 3.99. The first-order chi connectivity index (χ1) is 11.8. The molecule has 0 spiro atoms. The highest BCUT2D eigenvalue weighted by Gasteiger charge is 2.21. The number of ether oxygens (including phenoxy) is 1. The first-order valence-corrected chi connectivity index (χ1v) is 7.93. The van der Waals surface area contributed by atoms with Crippen molar-refractivity contribution in [3.63, 3.8) is 0 Å². The molecule has 1 heterocycles. The van der Waals surface area contributed by atoms with Crippen molar-refractivity contribution in [1.82, 2.24) is 5.32 Å². The molecule has 2 aromatic rings. The van der Waals surface area contributed by atoms with Gasteiger partial charge in [-0.05, 0) is 42.8 Å². The second kappa shape index (κ2) is 7.50. The monoisotopic (exact) mass is 318 g/mol. The summed E-state index contributed by atoms with van der Waals surface area (Å²) in [5.41, 5.74) is 3.31. The van der Waals surface area contributed by atoms with Crippen molar-refractivity contribution >= 4 is 5.69 Å². The van der Waals surface area contributed by atoms with Crippen LogP contribution in [0.15, 0.2) is 42.5 Å². The van der Waals surface area contributed by atoms with Gasteiger partial charge in [-0.1, -0.05) is 18.2 Å². The molecule has 1 aliphatic heterocycles. The standard InChI is InChI=1S/C19H18N4O/c20-10-15-6-4-14(5-7-15)8-9-22-12-17-13-23-18-3-1-2-16(11-21)19(18)24-17/h1-7,17,22-23H,8-9,12-13H2. The SMILES string of the molecule is N#Cc1ccc(CCNCC2CNc3cccc(C#N)c3O2)cc1. The van der Waals surface area contributed by atoms with Crippen LogP contribution in [-0.4, -0.2) is 25.7 Å². The molecular weight excluding hydrogens is 300 g/mol. The minimum absolute atomic E-state index is 0.00651. The zero-order chi connectivity index (χ0) is 16.8. The molecule has 2 N–H and O–H groups in total. The molecule has 0 radical (unpaired) electrons. The number of fused-ring (bicyclic) bond motifs is 1. The maximum Gasteiger partial charge on any atom is 0.160 e. The van der Waals surface area contributed by atoms with Crippen molar-refractivity contribution in [3.8, 4) is 17.9 Å². The van der Waals surface area contributed by atoms with Crippen molar-refractivity contribution in [2.24, 2.45) is 0 Å². The smallest absolute Gasteiger partial charge is 0.160 e. The van der Waals surface area contributed by atoms with Crippen molar-refractivity contribution in [3.05, 3.63) is 59.2 Å². The summed E-state index contributed by atoms with van der Waals surface area (Å²) >= 11 is 0. The second-order valence-electron chi connectivity index (χ2n) is 5.68. The molecule has 0 aromatic heterocycles. The highest BCUT2D eigenvalue weighted by atomic mass is 16.5. The van der Waals surface area contributed by atoms with Gasteiger partial charge in [-0.15, -0.1) is 0 Å². The lowest BCUT2D eigenvalue weighted by atomic mass is 10.1. The van der Waals surface area contributed by atoms with Crippen molar-refractivity contribution in [2.45, 2.75) is 12.5 Å². The van der Waals surface area contributed by atoms with Crippen LogP contribution in [-0.2, 0) is 6.42 Å². The molecule has 5 nitrogen and oxygen atoms in total. The Kier molecular flexibility index (Phi) is 4.96. The lowest BCUT2D eigenvalue weighted by Gasteiger charge is -2.28. The number of nitriles is 2. The van der Waals surface area contributed by atoms with Gasteiger partial charge in [0.05, 0.1) is 29.4 Å². The Morgan fingerprint density at radius 2 is 1.96 bits per heavy atom. The highest BCUT2D eigenvalue weighted by molar-refractivity contribution is 5.64.